The first kappa shape index (κ1) is 31.1. The normalized spacial score (nSPS) is 11.1. The number of furan rings is 1. The van der Waals surface area contributed by atoms with E-state index in [0.717, 1.165) is 50.5 Å². The molecule has 1 heterocycles. The topological polar surface area (TPSA) is 16.4 Å². The summed E-state index contributed by atoms with van der Waals surface area (Å²) in [4.78, 5) is 2.32. The van der Waals surface area contributed by atoms with Gasteiger partial charge in [-0.2, -0.15) is 0 Å². The second-order valence-electron chi connectivity index (χ2n) is 13.0. The Bertz CT molecular complexity index is 2450. The van der Waals surface area contributed by atoms with Crippen LogP contribution in [0.15, 0.2) is 217 Å². The molecule has 9 rings (SSSR count). The number of nitrogens with zero attached hydrogens (tertiary/aromatic N) is 1. The molecule has 8 aromatic carbocycles. The summed E-state index contributed by atoms with van der Waals surface area (Å²) in [6.45, 7) is 0. The Labute approximate surface area is 304 Å². The lowest BCUT2D eigenvalue weighted by Crippen LogP contribution is -2.09. The summed E-state index contributed by atoms with van der Waals surface area (Å²) in [5, 5.41) is 1.11. The molecule has 0 aliphatic rings. The van der Waals surface area contributed by atoms with Crippen molar-refractivity contribution in [1.29, 1.82) is 0 Å². The van der Waals surface area contributed by atoms with Crippen molar-refractivity contribution in [3.8, 4) is 55.8 Å². The van der Waals surface area contributed by atoms with Crippen molar-refractivity contribution in [1.82, 2.24) is 0 Å². The van der Waals surface area contributed by atoms with Gasteiger partial charge in [-0.25, -0.2) is 0 Å². The van der Waals surface area contributed by atoms with Gasteiger partial charge in [-0.1, -0.05) is 164 Å². The Morgan fingerprint density at radius 1 is 0.288 bits per heavy atom. The molecular weight excluding hydrogens is 631 g/mol. The fraction of sp³-hybridized carbons (Fsp3) is 0. The van der Waals surface area contributed by atoms with E-state index in [1.165, 1.54) is 33.4 Å². The van der Waals surface area contributed by atoms with Gasteiger partial charge in [-0.3, -0.25) is 0 Å². The number of rotatable bonds is 8. The highest BCUT2D eigenvalue weighted by atomic mass is 16.3. The van der Waals surface area contributed by atoms with Crippen molar-refractivity contribution in [3.05, 3.63) is 212 Å². The molecule has 1 aromatic heterocycles. The summed E-state index contributed by atoms with van der Waals surface area (Å²) < 4.78 is 6.25. The number of fused-ring (bicyclic) bond motifs is 1. The lowest BCUT2D eigenvalue weighted by Gasteiger charge is -2.26. The monoisotopic (exact) mass is 665 g/mol. The molecule has 52 heavy (non-hydrogen) atoms. The van der Waals surface area contributed by atoms with Crippen LogP contribution in [0.5, 0.6) is 0 Å². The van der Waals surface area contributed by atoms with Gasteiger partial charge in [0.05, 0.1) is 0 Å². The van der Waals surface area contributed by atoms with Crippen LogP contribution in [0.4, 0.5) is 17.1 Å². The van der Waals surface area contributed by atoms with Gasteiger partial charge in [-0.15, -0.1) is 0 Å². The third-order valence-electron chi connectivity index (χ3n) is 9.74. The molecular formula is C50H35NO. The third kappa shape index (κ3) is 6.19. The molecule has 0 amide bonds. The molecule has 0 aliphatic heterocycles. The highest BCUT2D eigenvalue weighted by Gasteiger charge is 2.15. The van der Waals surface area contributed by atoms with Crippen molar-refractivity contribution < 1.29 is 4.42 Å². The van der Waals surface area contributed by atoms with Crippen LogP contribution in [0.1, 0.15) is 0 Å². The smallest absolute Gasteiger partial charge is 0.136 e. The second kappa shape index (κ2) is 13.8. The van der Waals surface area contributed by atoms with E-state index in [-0.39, 0.29) is 0 Å². The highest BCUT2D eigenvalue weighted by Crippen LogP contribution is 2.39. The van der Waals surface area contributed by atoms with E-state index in [9.17, 15) is 0 Å². The molecule has 0 N–H and O–H groups in total. The van der Waals surface area contributed by atoms with Crippen molar-refractivity contribution in [3.63, 3.8) is 0 Å². The SMILES string of the molecule is c1ccc(-c2ccc(N(c3ccc(-c4ccccc4)cc3)c3ccc(-c4ccc(-c5ccccc5-c5cc6ccccc6o5)cc4)cc3)cc2)cc1. The molecule has 246 valence electrons. The minimum atomic E-state index is 0.880. The quantitative estimate of drug-likeness (QED) is 0.161. The standard InChI is InChI=1S/C50H35NO/c1-3-11-36(12-4-1)39-23-29-44(30-24-39)51(45-31-25-40(26-32-45)37-13-5-2-6-14-37)46-33-27-41(28-34-46)38-19-21-42(22-20-38)47-16-8-9-17-48(47)50-35-43-15-7-10-18-49(43)52-50/h1-35H. The summed E-state index contributed by atoms with van der Waals surface area (Å²) in [6.07, 6.45) is 0. The average Bonchev–Trinajstić information content (AvgIpc) is 3.67. The van der Waals surface area contributed by atoms with Crippen LogP contribution in [0.25, 0.3) is 66.8 Å². The van der Waals surface area contributed by atoms with Gasteiger partial charge >= 0.3 is 0 Å². The van der Waals surface area contributed by atoms with Crippen molar-refractivity contribution in [2.24, 2.45) is 0 Å². The maximum Gasteiger partial charge on any atom is 0.136 e. The fourth-order valence-corrected chi connectivity index (χ4v) is 7.02. The molecule has 0 fully saturated rings. The molecule has 2 heteroatoms. The van der Waals surface area contributed by atoms with Crippen LogP contribution < -0.4 is 4.90 Å². The molecule has 0 atom stereocenters. The molecule has 0 saturated carbocycles. The Hall–Kier alpha value is -6.90. The zero-order valence-corrected chi connectivity index (χ0v) is 28.6. The minimum Gasteiger partial charge on any atom is -0.456 e. The molecule has 0 saturated heterocycles. The lowest BCUT2D eigenvalue weighted by atomic mass is 9.96. The number of para-hydroxylation sites is 1. The van der Waals surface area contributed by atoms with Crippen LogP contribution >= 0.6 is 0 Å². The van der Waals surface area contributed by atoms with Crippen LogP contribution in [-0.2, 0) is 0 Å². The first-order valence-electron chi connectivity index (χ1n) is 17.7. The summed E-state index contributed by atoms with van der Waals surface area (Å²) >= 11 is 0. The Morgan fingerprint density at radius 3 is 1.13 bits per heavy atom. The Kier molecular flexibility index (Phi) is 8.24. The van der Waals surface area contributed by atoms with Gasteiger partial charge in [0.25, 0.3) is 0 Å². The molecule has 0 aliphatic carbocycles. The lowest BCUT2D eigenvalue weighted by molar-refractivity contribution is 0.632. The molecule has 9 aromatic rings. The largest absolute Gasteiger partial charge is 0.456 e. The average molecular weight is 666 g/mol. The van der Waals surface area contributed by atoms with E-state index in [4.69, 9.17) is 4.42 Å². The molecule has 0 radical (unpaired) electrons. The van der Waals surface area contributed by atoms with Gasteiger partial charge in [0.2, 0.25) is 0 Å². The van der Waals surface area contributed by atoms with Gasteiger partial charge in [-0.05, 0) is 93.0 Å². The van der Waals surface area contributed by atoms with Crippen LogP contribution in [0.3, 0.4) is 0 Å². The summed E-state index contributed by atoms with van der Waals surface area (Å²) in [5.41, 5.74) is 14.7. The maximum atomic E-state index is 6.25. The molecule has 0 spiro atoms. The van der Waals surface area contributed by atoms with Crippen molar-refractivity contribution in [2.45, 2.75) is 0 Å². The molecule has 2 nitrogen and oxygen atoms in total. The number of hydrogen-bond donors (Lipinski definition) is 0. The fourth-order valence-electron chi connectivity index (χ4n) is 7.02. The Balaban J connectivity index is 1.02. The summed E-state index contributed by atoms with van der Waals surface area (Å²) in [5.74, 6) is 0.880. The first-order valence-corrected chi connectivity index (χ1v) is 17.7. The van der Waals surface area contributed by atoms with E-state index in [0.29, 0.717) is 0 Å². The highest BCUT2D eigenvalue weighted by molar-refractivity contribution is 5.89. The third-order valence-corrected chi connectivity index (χ3v) is 9.74. The van der Waals surface area contributed by atoms with E-state index in [2.05, 4.69) is 199 Å². The maximum absolute atomic E-state index is 6.25. The van der Waals surface area contributed by atoms with Crippen LogP contribution in [0.2, 0.25) is 0 Å². The van der Waals surface area contributed by atoms with Crippen LogP contribution in [-0.4, -0.2) is 0 Å². The van der Waals surface area contributed by atoms with Gasteiger partial charge in [0, 0.05) is 28.0 Å². The molecule has 0 bridgehead atoms. The summed E-state index contributed by atoms with van der Waals surface area (Å²) in [7, 11) is 0. The Morgan fingerprint density at radius 2 is 0.654 bits per heavy atom. The van der Waals surface area contributed by atoms with Gasteiger partial charge in [0.15, 0.2) is 0 Å². The van der Waals surface area contributed by atoms with Crippen molar-refractivity contribution >= 4 is 28.0 Å². The summed E-state index contributed by atoms with van der Waals surface area (Å²) in [6, 6.07) is 75.2. The van der Waals surface area contributed by atoms with E-state index in [1.807, 2.05) is 18.2 Å². The van der Waals surface area contributed by atoms with E-state index < -0.39 is 0 Å². The predicted octanol–water partition coefficient (Wildman–Crippen LogP) is 14.2. The molecule has 0 unspecified atom stereocenters. The second-order valence-corrected chi connectivity index (χ2v) is 13.0. The number of hydrogen-bond acceptors (Lipinski definition) is 2. The predicted molar refractivity (Wildman–Crippen MR) is 218 cm³/mol. The minimum absolute atomic E-state index is 0.880. The van der Waals surface area contributed by atoms with Crippen molar-refractivity contribution in [2.75, 3.05) is 4.90 Å². The van der Waals surface area contributed by atoms with Gasteiger partial charge in [0.1, 0.15) is 11.3 Å². The zero-order chi connectivity index (χ0) is 34.7. The zero-order valence-electron chi connectivity index (χ0n) is 28.6. The number of benzene rings is 8. The van der Waals surface area contributed by atoms with Crippen LogP contribution in [0, 0.1) is 0 Å². The van der Waals surface area contributed by atoms with E-state index >= 15 is 0 Å². The first-order chi connectivity index (χ1) is 25.8. The van der Waals surface area contributed by atoms with Gasteiger partial charge < -0.3 is 9.32 Å². The van der Waals surface area contributed by atoms with E-state index in [1.54, 1.807) is 0 Å². The number of anilines is 3.